The first-order valence-corrected chi connectivity index (χ1v) is 6.78. The van der Waals surface area contributed by atoms with Gasteiger partial charge in [-0.2, -0.15) is 0 Å². The number of anilines is 1. The molecule has 2 rings (SSSR count). The van der Waals surface area contributed by atoms with Crippen LogP contribution in [0.2, 0.25) is 0 Å². The number of rotatable bonds is 7. The van der Waals surface area contributed by atoms with Crippen molar-refractivity contribution >= 4 is 17.6 Å². The number of nitrogens with one attached hydrogen (secondary N) is 1. The Morgan fingerprint density at radius 3 is 2.68 bits per heavy atom. The predicted molar refractivity (Wildman–Crippen MR) is 78.0 cm³/mol. The molecule has 1 aromatic carbocycles. The van der Waals surface area contributed by atoms with Crippen LogP contribution >= 0.6 is 0 Å². The van der Waals surface area contributed by atoms with Crippen molar-refractivity contribution in [2.24, 2.45) is 0 Å². The second-order valence-corrected chi connectivity index (χ2v) is 4.43. The first-order valence-electron chi connectivity index (χ1n) is 6.78. The minimum absolute atomic E-state index is 0.0999. The third-order valence-electron chi connectivity index (χ3n) is 2.87. The van der Waals surface area contributed by atoms with Crippen LogP contribution in [0, 0.1) is 0 Å². The molecule has 0 unspecified atom stereocenters. The van der Waals surface area contributed by atoms with E-state index in [1.165, 1.54) is 0 Å². The maximum absolute atomic E-state index is 11.8. The number of aromatic nitrogens is 1. The highest BCUT2D eigenvalue weighted by atomic mass is 16.5. The van der Waals surface area contributed by atoms with Gasteiger partial charge in [0.1, 0.15) is 11.5 Å². The molecule has 0 radical (unpaired) electrons. The third kappa shape index (κ3) is 4.08. The summed E-state index contributed by atoms with van der Waals surface area (Å²) < 4.78 is 10.3. The van der Waals surface area contributed by atoms with Gasteiger partial charge in [-0.3, -0.25) is 4.79 Å². The monoisotopic (exact) mass is 304 g/mol. The quantitative estimate of drug-likeness (QED) is 0.814. The minimum Gasteiger partial charge on any atom is -0.494 e. The van der Waals surface area contributed by atoms with E-state index in [2.05, 4.69) is 10.3 Å². The Labute approximate surface area is 126 Å². The largest absolute Gasteiger partial charge is 0.494 e. The zero-order valence-electron chi connectivity index (χ0n) is 12.0. The van der Waals surface area contributed by atoms with Gasteiger partial charge in [-0.1, -0.05) is 0 Å². The van der Waals surface area contributed by atoms with Crippen LogP contribution in [0.3, 0.4) is 0 Å². The summed E-state index contributed by atoms with van der Waals surface area (Å²) in [7, 11) is 0. The first kappa shape index (κ1) is 15.6. The Bertz CT molecular complexity index is 648. The fourth-order valence-corrected chi connectivity index (χ4v) is 1.87. The number of amides is 1. The zero-order valence-corrected chi connectivity index (χ0v) is 12.0. The highest BCUT2D eigenvalue weighted by Gasteiger charge is 2.16. The summed E-state index contributed by atoms with van der Waals surface area (Å²) in [6.07, 6.45) is 1.33. The standard InChI is InChI=1S/C15H16N2O5/c1-2-21-11-5-3-10(4-6-11)17-13(18)8-7-12-14(15(19)20)16-9-22-12/h3-6,9H,2,7-8H2,1H3,(H,17,18)(H,19,20). The number of oxazole rings is 1. The van der Waals surface area contributed by atoms with E-state index in [0.29, 0.717) is 12.3 Å². The van der Waals surface area contributed by atoms with E-state index in [1.54, 1.807) is 24.3 Å². The lowest BCUT2D eigenvalue weighted by molar-refractivity contribution is -0.116. The number of carboxylic acids is 1. The summed E-state index contributed by atoms with van der Waals surface area (Å²) in [4.78, 5) is 26.3. The van der Waals surface area contributed by atoms with Crippen LogP contribution in [0.4, 0.5) is 5.69 Å². The van der Waals surface area contributed by atoms with Gasteiger partial charge in [-0.25, -0.2) is 9.78 Å². The van der Waals surface area contributed by atoms with Crippen LogP contribution in [-0.4, -0.2) is 28.6 Å². The van der Waals surface area contributed by atoms with Gasteiger partial charge in [0.25, 0.3) is 0 Å². The summed E-state index contributed by atoms with van der Waals surface area (Å²) in [5.41, 5.74) is 0.485. The number of hydrogen-bond donors (Lipinski definition) is 2. The highest BCUT2D eigenvalue weighted by Crippen LogP contribution is 2.16. The lowest BCUT2D eigenvalue weighted by Crippen LogP contribution is -2.13. The fourth-order valence-electron chi connectivity index (χ4n) is 1.87. The maximum Gasteiger partial charge on any atom is 0.358 e. The van der Waals surface area contributed by atoms with Crippen LogP contribution < -0.4 is 10.1 Å². The van der Waals surface area contributed by atoms with Gasteiger partial charge < -0.3 is 19.6 Å². The van der Waals surface area contributed by atoms with E-state index in [-0.39, 0.29) is 30.2 Å². The van der Waals surface area contributed by atoms with Crippen molar-refractivity contribution in [2.45, 2.75) is 19.8 Å². The molecular formula is C15H16N2O5. The van der Waals surface area contributed by atoms with E-state index >= 15 is 0 Å². The van der Waals surface area contributed by atoms with Crippen molar-refractivity contribution in [1.29, 1.82) is 0 Å². The maximum atomic E-state index is 11.8. The molecule has 1 amide bonds. The highest BCUT2D eigenvalue weighted by molar-refractivity contribution is 5.91. The number of benzene rings is 1. The van der Waals surface area contributed by atoms with Crippen LogP contribution in [0.5, 0.6) is 5.75 Å². The number of carboxylic acid groups (broad SMARTS) is 1. The summed E-state index contributed by atoms with van der Waals surface area (Å²) in [5, 5.41) is 11.6. The zero-order chi connectivity index (χ0) is 15.9. The predicted octanol–water partition coefficient (Wildman–Crippen LogP) is 2.34. The summed E-state index contributed by atoms with van der Waals surface area (Å²) in [6, 6.07) is 7.00. The van der Waals surface area contributed by atoms with Gasteiger partial charge in [0, 0.05) is 18.5 Å². The second kappa shape index (κ2) is 7.26. The third-order valence-corrected chi connectivity index (χ3v) is 2.87. The van der Waals surface area contributed by atoms with Crippen LogP contribution in [-0.2, 0) is 11.2 Å². The topological polar surface area (TPSA) is 102 Å². The Morgan fingerprint density at radius 2 is 2.05 bits per heavy atom. The second-order valence-electron chi connectivity index (χ2n) is 4.43. The van der Waals surface area contributed by atoms with Gasteiger partial charge in [-0.15, -0.1) is 0 Å². The average Bonchev–Trinajstić information content (AvgIpc) is 2.96. The number of ether oxygens (including phenoxy) is 1. The van der Waals surface area contributed by atoms with E-state index in [9.17, 15) is 9.59 Å². The molecule has 116 valence electrons. The summed E-state index contributed by atoms with van der Waals surface area (Å²) >= 11 is 0. The van der Waals surface area contributed by atoms with Gasteiger partial charge in [0.05, 0.1) is 6.61 Å². The molecule has 7 nitrogen and oxygen atoms in total. The lowest BCUT2D eigenvalue weighted by Gasteiger charge is -2.06. The van der Waals surface area contributed by atoms with Crippen molar-refractivity contribution in [3.8, 4) is 5.75 Å². The van der Waals surface area contributed by atoms with E-state index in [0.717, 1.165) is 12.1 Å². The number of aryl methyl sites for hydroxylation is 1. The normalized spacial score (nSPS) is 10.2. The number of nitrogens with zero attached hydrogens (tertiary/aromatic N) is 1. The van der Waals surface area contributed by atoms with Crippen LogP contribution in [0.15, 0.2) is 35.1 Å². The molecule has 2 aromatic rings. The summed E-state index contributed by atoms with van der Waals surface area (Å²) in [6.45, 7) is 2.47. The first-order chi connectivity index (χ1) is 10.6. The Hall–Kier alpha value is -2.83. The molecule has 0 bridgehead atoms. The van der Waals surface area contributed by atoms with Crippen molar-refractivity contribution in [3.05, 3.63) is 42.1 Å². The Kier molecular flexibility index (Phi) is 5.13. The molecule has 0 aliphatic heterocycles. The van der Waals surface area contributed by atoms with E-state index < -0.39 is 5.97 Å². The minimum atomic E-state index is -1.17. The van der Waals surface area contributed by atoms with Gasteiger partial charge in [-0.05, 0) is 31.2 Å². The molecule has 2 N–H and O–H groups in total. The number of carbonyl (C=O) groups excluding carboxylic acids is 1. The molecule has 1 heterocycles. The SMILES string of the molecule is CCOc1ccc(NC(=O)CCc2ocnc2C(=O)O)cc1. The van der Waals surface area contributed by atoms with Crippen LogP contribution in [0.1, 0.15) is 29.6 Å². The van der Waals surface area contributed by atoms with Gasteiger partial charge in [0.2, 0.25) is 5.91 Å². The number of aromatic carboxylic acids is 1. The Balaban J connectivity index is 1.87. The van der Waals surface area contributed by atoms with E-state index in [1.807, 2.05) is 6.92 Å². The van der Waals surface area contributed by atoms with Crippen LogP contribution in [0.25, 0.3) is 0 Å². The number of carbonyl (C=O) groups is 2. The molecule has 0 saturated carbocycles. The van der Waals surface area contributed by atoms with Crippen molar-refractivity contribution in [3.63, 3.8) is 0 Å². The molecule has 0 saturated heterocycles. The van der Waals surface area contributed by atoms with Crippen molar-refractivity contribution < 1.29 is 23.8 Å². The summed E-state index contributed by atoms with van der Waals surface area (Å²) in [5.74, 6) is -0.491. The molecule has 0 spiro atoms. The molecule has 7 heteroatoms. The average molecular weight is 304 g/mol. The fraction of sp³-hybridized carbons (Fsp3) is 0.267. The molecule has 1 aromatic heterocycles. The molecule has 0 aliphatic rings. The van der Waals surface area contributed by atoms with Crippen molar-refractivity contribution in [1.82, 2.24) is 4.98 Å². The van der Waals surface area contributed by atoms with Crippen molar-refractivity contribution in [2.75, 3.05) is 11.9 Å². The molecule has 0 aliphatic carbocycles. The number of hydrogen-bond acceptors (Lipinski definition) is 5. The van der Waals surface area contributed by atoms with Gasteiger partial charge >= 0.3 is 5.97 Å². The Morgan fingerprint density at radius 1 is 1.32 bits per heavy atom. The van der Waals surface area contributed by atoms with E-state index in [4.69, 9.17) is 14.3 Å². The smallest absolute Gasteiger partial charge is 0.358 e. The molecule has 0 atom stereocenters. The lowest BCUT2D eigenvalue weighted by atomic mass is 10.2. The molecular weight excluding hydrogens is 288 g/mol. The van der Waals surface area contributed by atoms with Gasteiger partial charge in [0.15, 0.2) is 12.1 Å². The molecule has 0 fully saturated rings. The molecule has 22 heavy (non-hydrogen) atoms.